The number of pyridine rings is 2. The van der Waals surface area contributed by atoms with Gasteiger partial charge >= 0.3 is 0 Å². The maximum atomic E-state index is 9.12. The Balaban J connectivity index is 1.09. The Hall–Kier alpha value is -7.31. The van der Waals surface area contributed by atoms with Gasteiger partial charge in [-0.2, -0.15) is 0 Å². The summed E-state index contributed by atoms with van der Waals surface area (Å²) in [6, 6.07) is 54.7. The molecule has 0 spiro atoms. The second-order valence-electron chi connectivity index (χ2n) is 20.5. The van der Waals surface area contributed by atoms with Crippen LogP contribution in [0.5, 0.6) is 11.5 Å². The van der Waals surface area contributed by atoms with Gasteiger partial charge in [0.15, 0.2) is 5.82 Å². The van der Waals surface area contributed by atoms with E-state index in [0.717, 1.165) is 60.8 Å². The molecule has 0 aliphatic rings. The zero-order valence-electron chi connectivity index (χ0n) is 41.3. The van der Waals surface area contributed by atoms with E-state index < -0.39 is 11.8 Å². The average Bonchev–Trinajstić information content (AvgIpc) is 3.86. The molecule has 0 unspecified atom stereocenters. The summed E-state index contributed by atoms with van der Waals surface area (Å²) in [6.07, 6.45) is 5.62. The molecule has 6 nitrogen and oxygen atoms in total. The molecule has 10 rings (SSSR count). The van der Waals surface area contributed by atoms with Crippen molar-refractivity contribution in [1.29, 1.82) is 0 Å². The highest BCUT2D eigenvalue weighted by atomic mass is 16.5. The van der Waals surface area contributed by atoms with Crippen molar-refractivity contribution in [1.82, 2.24) is 19.1 Å². The third-order valence-corrected chi connectivity index (χ3v) is 12.2. The number of hydrogen-bond acceptors (Lipinski definition) is 3. The van der Waals surface area contributed by atoms with Gasteiger partial charge in [0.25, 0.3) is 6.33 Å². The smallest absolute Gasteiger partial charge is 0.271 e. The minimum Gasteiger partial charge on any atom is -0.458 e. The lowest BCUT2D eigenvalue weighted by Crippen LogP contribution is -2.31. The molecule has 0 bridgehead atoms. The molecule has 4 aromatic heterocycles. The molecule has 0 aliphatic carbocycles. The Labute approximate surface area is 391 Å². The summed E-state index contributed by atoms with van der Waals surface area (Å²) in [4.78, 5) is 9.77. The first-order valence-corrected chi connectivity index (χ1v) is 22.8. The number of benzene rings is 6. The number of aromatic nitrogens is 5. The Morgan fingerprint density at radius 3 is 1.91 bits per heavy atom. The maximum Gasteiger partial charge on any atom is 0.271 e. The summed E-state index contributed by atoms with van der Waals surface area (Å²) in [5, 5.41) is 2.09. The summed E-state index contributed by atoms with van der Waals surface area (Å²) in [5.74, 6) is 2.56. The summed E-state index contributed by atoms with van der Waals surface area (Å²) in [5.41, 5.74) is 11.7. The van der Waals surface area contributed by atoms with Gasteiger partial charge in [0.2, 0.25) is 0 Å². The number of fused-ring (bicyclic) bond motifs is 4. The lowest BCUT2D eigenvalue weighted by Gasteiger charge is -2.22. The molecule has 6 heteroatoms. The molecule has 0 amide bonds. The highest BCUT2D eigenvalue weighted by Gasteiger charge is 2.23. The van der Waals surface area contributed by atoms with Gasteiger partial charge < -0.3 is 4.74 Å². The molecular formula is C60H57N5O. The first-order chi connectivity index (χ1) is 32.3. The van der Waals surface area contributed by atoms with Crippen molar-refractivity contribution in [2.24, 2.45) is 5.41 Å². The standard InChI is InChI=1S/C60H57N5O/c1-58(2,3)38-40-26-28-62-57(30-40)65-52-24-20-43(41-16-12-10-13-17-41)33-51(52)50-23-22-48(36-54(50)65)66-49-27-29-61-56(37-49)64-39-63(55-35-45(59(4,5)6)21-25-53(55)64)47-32-44(42-18-14-11-15-19-42)31-46(34-47)60(7,8)9/h10-37H,38H2,1-9H3/i38D2. The van der Waals surface area contributed by atoms with Gasteiger partial charge in [-0.05, 0) is 122 Å². The molecule has 0 radical (unpaired) electrons. The van der Waals surface area contributed by atoms with E-state index in [2.05, 4.69) is 178 Å². The van der Waals surface area contributed by atoms with Crippen molar-refractivity contribution in [3.05, 3.63) is 193 Å². The van der Waals surface area contributed by atoms with E-state index in [1.807, 2.05) is 55.7 Å². The van der Waals surface area contributed by atoms with Crippen LogP contribution >= 0.6 is 0 Å². The van der Waals surface area contributed by atoms with Crippen LogP contribution in [0, 0.1) is 11.7 Å². The van der Waals surface area contributed by atoms with Crippen LogP contribution in [0.2, 0.25) is 0 Å². The van der Waals surface area contributed by atoms with Gasteiger partial charge in [-0.25, -0.2) is 4.98 Å². The topological polar surface area (TPSA) is 48.8 Å². The van der Waals surface area contributed by atoms with Crippen molar-refractivity contribution in [3.63, 3.8) is 0 Å². The van der Waals surface area contributed by atoms with E-state index in [4.69, 9.17) is 17.4 Å². The van der Waals surface area contributed by atoms with Crippen molar-refractivity contribution in [3.8, 4) is 51.1 Å². The molecule has 328 valence electrons. The zero-order chi connectivity index (χ0) is 47.8. The quantitative estimate of drug-likeness (QED) is 0.113. The Bertz CT molecular complexity index is 3510. The first-order valence-electron chi connectivity index (χ1n) is 23.8. The zero-order valence-corrected chi connectivity index (χ0v) is 39.3. The fraction of sp³-hybridized carbons (Fsp3) is 0.217. The van der Waals surface area contributed by atoms with E-state index in [-0.39, 0.29) is 10.8 Å². The number of nitrogens with zero attached hydrogens (tertiary/aromatic N) is 5. The Morgan fingerprint density at radius 1 is 0.530 bits per heavy atom. The number of rotatable bonds is 8. The lowest BCUT2D eigenvalue weighted by atomic mass is 9.85. The monoisotopic (exact) mass is 865 g/mol. The van der Waals surface area contributed by atoms with Crippen LogP contribution in [0.4, 0.5) is 0 Å². The average molecular weight is 866 g/mol. The third kappa shape index (κ3) is 8.40. The highest BCUT2D eigenvalue weighted by molar-refractivity contribution is 6.10. The fourth-order valence-electron chi connectivity index (χ4n) is 8.80. The van der Waals surface area contributed by atoms with Gasteiger partial charge in [-0.1, -0.05) is 147 Å². The summed E-state index contributed by atoms with van der Waals surface area (Å²) < 4.78 is 31.3. The number of ether oxygens (including phenoxy) is 1. The van der Waals surface area contributed by atoms with Crippen molar-refractivity contribution >= 4 is 32.8 Å². The van der Waals surface area contributed by atoms with E-state index in [9.17, 15) is 0 Å². The van der Waals surface area contributed by atoms with Gasteiger partial charge in [0, 0.05) is 38.0 Å². The van der Waals surface area contributed by atoms with Gasteiger partial charge in [-0.15, -0.1) is 0 Å². The van der Waals surface area contributed by atoms with E-state index in [0.29, 0.717) is 28.7 Å². The third-order valence-electron chi connectivity index (χ3n) is 12.2. The molecule has 0 atom stereocenters. The van der Waals surface area contributed by atoms with Crippen LogP contribution in [0.3, 0.4) is 0 Å². The van der Waals surface area contributed by atoms with Crippen LogP contribution in [0.1, 0.15) is 81.7 Å². The minimum atomic E-state index is -1.60. The maximum absolute atomic E-state index is 9.12. The normalized spacial score (nSPS) is 13.0. The number of hydrogen-bond donors (Lipinski definition) is 0. The molecule has 66 heavy (non-hydrogen) atoms. The second-order valence-corrected chi connectivity index (χ2v) is 20.5. The SMILES string of the molecule is [2H]C([2H])(c1ccnc(-n2c3ccc(-c4ccccc4)cc3c3ccc(Oc4ccnc(-n5[c-][n+](-c6cc(-c7ccccc7)cc(C(C)(C)C)c6)c6cc(C(C)(C)C)ccc65)c4)cc32)c1)C(C)(C)C. The predicted octanol–water partition coefficient (Wildman–Crippen LogP) is 14.9. The predicted molar refractivity (Wildman–Crippen MR) is 272 cm³/mol. The van der Waals surface area contributed by atoms with Crippen molar-refractivity contribution in [2.45, 2.75) is 79.5 Å². The van der Waals surface area contributed by atoms with Crippen LogP contribution in [-0.2, 0) is 17.2 Å². The molecular weight excluding hydrogens is 807 g/mol. The summed E-state index contributed by atoms with van der Waals surface area (Å²) in [7, 11) is 0. The Kier molecular flexibility index (Phi) is 9.93. The summed E-state index contributed by atoms with van der Waals surface area (Å²) in [6.45, 7) is 19.3. The fourth-order valence-corrected chi connectivity index (χ4v) is 8.80. The van der Waals surface area contributed by atoms with E-state index in [1.54, 1.807) is 18.5 Å². The molecule has 0 saturated heterocycles. The lowest BCUT2D eigenvalue weighted by molar-refractivity contribution is -0.572. The molecule has 0 N–H and O–H groups in total. The second kappa shape index (κ2) is 16.3. The Morgan fingerprint density at radius 2 is 1.20 bits per heavy atom. The molecule has 6 aromatic carbocycles. The van der Waals surface area contributed by atoms with E-state index >= 15 is 0 Å². The summed E-state index contributed by atoms with van der Waals surface area (Å²) >= 11 is 0. The van der Waals surface area contributed by atoms with Gasteiger partial charge in [0.05, 0.1) is 27.8 Å². The number of imidazole rings is 1. The highest BCUT2D eigenvalue weighted by Crippen LogP contribution is 2.38. The molecule has 0 saturated carbocycles. The largest absolute Gasteiger partial charge is 0.458 e. The van der Waals surface area contributed by atoms with Crippen LogP contribution in [0.15, 0.2) is 170 Å². The van der Waals surface area contributed by atoms with Crippen LogP contribution in [0.25, 0.3) is 72.4 Å². The van der Waals surface area contributed by atoms with Gasteiger partial charge in [0.1, 0.15) is 17.3 Å². The molecule has 4 heterocycles. The van der Waals surface area contributed by atoms with E-state index in [1.165, 1.54) is 11.1 Å². The first kappa shape index (κ1) is 40.2. The van der Waals surface area contributed by atoms with Crippen LogP contribution < -0.4 is 9.30 Å². The minimum absolute atomic E-state index is 0.0707. The van der Waals surface area contributed by atoms with Gasteiger partial charge in [-0.3, -0.25) is 18.7 Å². The van der Waals surface area contributed by atoms with Crippen molar-refractivity contribution < 1.29 is 12.0 Å². The molecule has 10 aromatic rings. The van der Waals surface area contributed by atoms with Crippen molar-refractivity contribution in [2.75, 3.05) is 0 Å². The van der Waals surface area contributed by atoms with Crippen LogP contribution in [-0.4, -0.2) is 19.1 Å². The molecule has 0 fully saturated rings. The molecule has 0 aliphatic heterocycles.